The first-order chi connectivity index (χ1) is 11.7. The fourth-order valence-corrected chi connectivity index (χ4v) is 2.87. The van der Waals surface area contributed by atoms with Crippen LogP contribution in [-0.4, -0.2) is 15.0 Å². The van der Waals surface area contributed by atoms with E-state index in [9.17, 15) is 0 Å². The third-order valence-corrected chi connectivity index (χ3v) is 4.31. The number of nitrogens with one attached hydrogen (secondary N) is 2. The van der Waals surface area contributed by atoms with Crippen molar-refractivity contribution in [3.8, 4) is 34.0 Å². The topological polar surface area (TPSA) is 44.5 Å². The van der Waals surface area contributed by atoms with E-state index in [0.717, 1.165) is 34.0 Å². The average Bonchev–Trinajstić information content (AvgIpc) is 3.26. The van der Waals surface area contributed by atoms with Gasteiger partial charge in [0.05, 0.1) is 17.1 Å². The zero-order valence-corrected chi connectivity index (χ0v) is 14.1. The molecule has 2 aromatic carbocycles. The number of hydrogen-bond acceptors (Lipinski definition) is 1. The summed E-state index contributed by atoms with van der Waals surface area (Å²) in [5.41, 5.74) is 4.77. The number of aromatic amines is 2. The Morgan fingerprint density at radius 3 is 1.96 bits per heavy atom. The largest absolute Gasteiger partial charge is 0.359 e. The summed E-state index contributed by atoms with van der Waals surface area (Å²) in [5.74, 6) is 0.787. The summed E-state index contributed by atoms with van der Waals surface area (Å²) in [6.45, 7) is 0. The molecule has 0 bridgehead atoms. The predicted octanol–water partition coefficient (Wildman–Crippen LogP) is 6.05. The van der Waals surface area contributed by atoms with Crippen LogP contribution in [0, 0.1) is 0 Å². The van der Waals surface area contributed by atoms with Crippen molar-refractivity contribution in [1.82, 2.24) is 15.0 Å². The predicted molar refractivity (Wildman–Crippen MR) is 99.3 cm³/mol. The van der Waals surface area contributed by atoms with Gasteiger partial charge in [0.2, 0.25) is 0 Å². The Morgan fingerprint density at radius 1 is 0.750 bits per heavy atom. The van der Waals surface area contributed by atoms with Crippen LogP contribution in [0.1, 0.15) is 0 Å². The molecule has 3 nitrogen and oxygen atoms in total. The summed E-state index contributed by atoms with van der Waals surface area (Å²) in [7, 11) is 0. The molecule has 0 aliphatic heterocycles. The molecule has 2 N–H and O–H groups in total. The SMILES string of the molecule is Clc1ccc(-c2nc(-c3ccc[nH]3)[nH]c2-c2ccc(Cl)cc2)cc1. The van der Waals surface area contributed by atoms with Crippen LogP contribution in [-0.2, 0) is 0 Å². The Hall–Kier alpha value is -2.49. The van der Waals surface area contributed by atoms with Gasteiger partial charge < -0.3 is 9.97 Å². The Morgan fingerprint density at radius 2 is 1.38 bits per heavy atom. The van der Waals surface area contributed by atoms with Gasteiger partial charge in [-0.3, -0.25) is 0 Å². The first-order valence-corrected chi connectivity index (χ1v) is 8.22. The number of halogens is 2. The molecule has 2 heterocycles. The van der Waals surface area contributed by atoms with E-state index >= 15 is 0 Å². The van der Waals surface area contributed by atoms with E-state index in [4.69, 9.17) is 28.2 Å². The van der Waals surface area contributed by atoms with Crippen LogP contribution in [0.5, 0.6) is 0 Å². The quantitative estimate of drug-likeness (QED) is 0.462. The molecule has 4 rings (SSSR count). The highest BCUT2D eigenvalue weighted by molar-refractivity contribution is 6.31. The Bertz CT molecular complexity index is 890. The lowest BCUT2D eigenvalue weighted by Crippen LogP contribution is -1.83. The lowest BCUT2D eigenvalue weighted by atomic mass is 10.1. The Labute approximate surface area is 149 Å². The molecule has 0 saturated carbocycles. The van der Waals surface area contributed by atoms with Gasteiger partial charge >= 0.3 is 0 Å². The zero-order valence-electron chi connectivity index (χ0n) is 12.6. The summed E-state index contributed by atoms with van der Waals surface area (Å²) < 4.78 is 0. The van der Waals surface area contributed by atoms with E-state index in [2.05, 4.69) is 9.97 Å². The normalized spacial score (nSPS) is 10.9. The number of rotatable bonds is 3. The summed E-state index contributed by atoms with van der Waals surface area (Å²) in [6, 6.07) is 19.3. The molecule has 0 spiro atoms. The molecule has 0 amide bonds. The van der Waals surface area contributed by atoms with Crippen LogP contribution in [0.3, 0.4) is 0 Å². The Balaban J connectivity index is 1.89. The number of aromatic nitrogens is 3. The van der Waals surface area contributed by atoms with Crippen LogP contribution in [0.15, 0.2) is 66.9 Å². The second kappa shape index (κ2) is 6.19. The van der Waals surface area contributed by atoms with Gasteiger partial charge in [0, 0.05) is 27.4 Å². The summed E-state index contributed by atoms with van der Waals surface area (Å²) >= 11 is 12.0. The van der Waals surface area contributed by atoms with Crippen LogP contribution in [0.4, 0.5) is 0 Å². The summed E-state index contributed by atoms with van der Waals surface area (Å²) in [4.78, 5) is 11.4. The second-order valence-electron chi connectivity index (χ2n) is 5.41. The molecule has 0 saturated heterocycles. The first kappa shape index (κ1) is 15.1. The minimum absolute atomic E-state index is 0.701. The molecule has 2 aromatic heterocycles. The molecule has 0 radical (unpaired) electrons. The number of H-pyrrole nitrogens is 2. The van der Waals surface area contributed by atoms with Gasteiger partial charge in [-0.1, -0.05) is 47.5 Å². The number of benzene rings is 2. The number of imidazole rings is 1. The molecular formula is C19H13Cl2N3. The lowest BCUT2D eigenvalue weighted by Gasteiger charge is -2.03. The maximum absolute atomic E-state index is 6.01. The molecule has 0 aliphatic rings. The highest BCUT2D eigenvalue weighted by Gasteiger charge is 2.15. The van der Waals surface area contributed by atoms with Crippen molar-refractivity contribution in [2.45, 2.75) is 0 Å². The van der Waals surface area contributed by atoms with E-state index in [1.54, 1.807) is 0 Å². The van der Waals surface area contributed by atoms with E-state index in [1.165, 1.54) is 0 Å². The van der Waals surface area contributed by atoms with Gasteiger partial charge in [0.15, 0.2) is 5.82 Å². The molecule has 0 aliphatic carbocycles. The van der Waals surface area contributed by atoms with Crippen LogP contribution in [0.2, 0.25) is 10.0 Å². The summed E-state index contributed by atoms with van der Waals surface area (Å²) in [5, 5.41) is 1.41. The molecule has 5 heteroatoms. The molecule has 24 heavy (non-hydrogen) atoms. The zero-order chi connectivity index (χ0) is 16.5. The standard InChI is InChI=1S/C19H13Cl2N3/c20-14-7-3-12(4-8-14)17-18(13-5-9-15(21)10-6-13)24-19(23-17)16-2-1-11-22-16/h1-11,22H,(H,23,24). The van der Waals surface area contributed by atoms with Gasteiger partial charge in [0.25, 0.3) is 0 Å². The van der Waals surface area contributed by atoms with E-state index < -0.39 is 0 Å². The van der Waals surface area contributed by atoms with Crippen molar-refractivity contribution in [1.29, 1.82) is 0 Å². The third-order valence-electron chi connectivity index (χ3n) is 3.81. The highest BCUT2D eigenvalue weighted by atomic mass is 35.5. The van der Waals surface area contributed by atoms with E-state index in [-0.39, 0.29) is 0 Å². The van der Waals surface area contributed by atoms with Crippen molar-refractivity contribution in [3.63, 3.8) is 0 Å². The van der Waals surface area contributed by atoms with Crippen molar-refractivity contribution < 1.29 is 0 Å². The average molecular weight is 354 g/mol. The van der Waals surface area contributed by atoms with Crippen molar-refractivity contribution in [2.75, 3.05) is 0 Å². The lowest BCUT2D eigenvalue weighted by molar-refractivity contribution is 1.26. The third kappa shape index (κ3) is 2.84. The van der Waals surface area contributed by atoms with Crippen molar-refractivity contribution in [2.24, 2.45) is 0 Å². The molecule has 118 valence electrons. The molecular weight excluding hydrogens is 341 g/mol. The maximum atomic E-state index is 6.01. The molecule has 0 atom stereocenters. The van der Waals surface area contributed by atoms with Gasteiger partial charge in [-0.25, -0.2) is 4.98 Å². The molecule has 4 aromatic rings. The van der Waals surface area contributed by atoms with Crippen LogP contribution < -0.4 is 0 Å². The van der Waals surface area contributed by atoms with Gasteiger partial charge in [-0.05, 0) is 36.4 Å². The van der Waals surface area contributed by atoms with Gasteiger partial charge in [-0.15, -0.1) is 0 Å². The monoisotopic (exact) mass is 353 g/mol. The minimum Gasteiger partial charge on any atom is -0.359 e. The smallest absolute Gasteiger partial charge is 0.155 e. The van der Waals surface area contributed by atoms with E-state index in [1.807, 2.05) is 66.9 Å². The molecule has 0 unspecified atom stereocenters. The van der Waals surface area contributed by atoms with E-state index in [0.29, 0.717) is 10.0 Å². The fraction of sp³-hybridized carbons (Fsp3) is 0. The van der Waals surface area contributed by atoms with Crippen molar-refractivity contribution in [3.05, 3.63) is 76.9 Å². The summed E-state index contributed by atoms with van der Waals surface area (Å²) in [6.07, 6.45) is 1.88. The first-order valence-electron chi connectivity index (χ1n) is 7.46. The Kier molecular flexibility index (Phi) is 3.89. The molecule has 0 fully saturated rings. The van der Waals surface area contributed by atoms with Gasteiger partial charge in [-0.2, -0.15) is 0 Å². The minimum atomic E-state index is 0.701. The maximum Gasteiger partial charge on any atom is 0.155 e. The number of nitrogens with zero attached hydrogens (tertiary/aromatic N) is 1. The fourth-order valence-electron chi connectivity index (χ4n) is 2.62. The van der Waals surface area contributed by atoms with Crippen LogP contribution in [0.25, 0.3) is 34.0 Å². The number of hydrogen-bond donors (Lipinski definition) is 2. The van der Waals surface area contributed by atoms with Crippen LogP contribution >= 0.6 is 23.2 Å². The van der Waals surface area contributed by atoms with Crippen molar-refractivity contribution >= 4 is 23.2 Å². The van der Waals surface area contributed by atoms with Gasteiger partial charge in [0.1, 0.15) is 0 Å². The second-order valence-corrected chi connectivity index (χ2v) is 6.28. The highest BCUT2D eigenvalue weighted by Crippen LogP contribution is 2.33.